The summed E-state index contributed by atoms with van der Waals surface area (Å²) in [6.07, 6.45) is -1.58. The Balaban J connectivity index is 2.32. The van der Waals surface area contributed by atoms with Gasteiger partial charge in [-0.2, -0.15) is 13.1 Å². The molecule has 1 aromatic rings. The first-order chi connectivity index (χ1) is 9.24. The van der Waals surface area contributed by atoms with Crippen LogP contribution in [0.4, 0.5) is 0 Å². The smallest absolute Gasteiger partial charge is 0.337 e. The van der Waals surface area contributed by atoms with Gasteiger partial charge < -0.3 is 9.47 Å². The summed E-state index contributed by atoms with van der Waals surface area (Å²) in [6.45, 7) is 3.38. The summed E-state index contributed by atoms with van der Waals surface area (Å²) < 4.78 is 41.0. The fourth-order valence-corrected chi connectivity index (χ4v) is 2.77. The van der Waals surface area contributed by atoms with Crippen molar-refractivity contribution in [3.63, 3.8) is 0 Å². The fourth-order valence-electron chi connectivity index (χ4n) is 1.97. The van der Waals surface area contributed by atoms with Crippen LogP contribution in [0.25, 0.3) is 0 Å². The van der Waals surface area contributed by atoms with Gasteiger partial charge in [0.25, 0.3) is 0 Å². The molecule has 0 amide bonds. The van der Waals surface area contributed by atoms with Crippen LogP contribution < -0.4 is 4.72 Å². The molecule has 2 atom stereocenters. The van der Waals surface area contributed by atoms with Gasteiger partial charge in [-0.15, -0.1) is 0 Å². The van der Waals surface area contributed by atoms with Gasteiger partial charge in [-0.25, -0.2) is 0 Å². The van der Waals surface area contributed by atoms with Crippen LogP contribution in [0.15, 0.2) is 24.3 Å². The molecule has 112 valence electrons. The Labute approximate surface area is 123 Å². The Morgan fingerprint density at radius 3 is 2.55 bits per heavy atom. The molecule has 0 saturated carbocycles. The number of ether oxygens (including phenoxy) is 2. The second kappa shape index (κ2) is 5.59. The van der Waals surface area contributed by atoms with E-state index in [1.165, 1.54) is 0 Å². The van der Waals surface area contributed by atoms with Gasteiger partial charge in [-0.05, 0) is 19.9 Å². The summed E-state index contributed by atoms with van der Waals surface area (Å²) in [4.78, 5) is 0. The van der Waals surface area contributed by atoms with E-state index in [-0.39, 0.29) is 0 Å². The second-order valence-electron chi connectivity index (χ2n) is 4.74. The predicted octanol–water partition coefficient (Wildman–Crippen LogP) is 1.97. The van der Waals surface area contributed by atoms with Crippen LogP contribution >= 0.6 is 11.6 Å². The number of hydrogen-bond donors (Lipinski definition) is 1. The zero-order valence-corrected chi connectivity index (χ0v) is 12.9. The van der Waals surface area contributed by atoms with E-state index < -0.39 is 28.4 Å². The minimum atomic E-state index is -3.90. The highest BCUT2D eigenvalue weighted by atomic mass is 35.5. The third-order valence-electron chi connectivity index (χ3n) is 2.79. The monoisotopic (exact) mass is 321 g/mol. The van der Waals surface area contributed by atoms with Crippen molar-refractivity contribution in [3.05, 3.63) is 34.9 Å². The number of hydrogen-bond acceptors (Lipinski definition) is 5. The summed E-state index contributed by atoms with van der Waals surface area (Å²) in [5.41, 5.74) is 0.642. The lowest BCUT2D eigenvalue weighted by Gasteiger charge is -2.18. The van der Waals surface area contributed by atoms with E-state index in [1.807, 2.05) is 0 Å². The van der Waals surface area contributed by atoms with Crippen molar-refractivity contribution in [2.24, 2.45) is 0 Å². The van der Waals surface area contributed by atoms with Crippen LogP contribution in [0.3, 0.4) is 0 Å². The zero-order chi connectivity index (χ0) is 15.0. The molecular weight excluding hydrogens is 306 g/mol. The molecule has 0 radical (unpaired) electrons. The van der Waals surface area contributed by atoms with E-state index in [0.717, 1.165) is 7.11 Å². The quantitative estimate of drug-likeness (QED) is 0.917. The number of rotatable bonds is 4. The normalized spacial score (nSPS) is 25.8. The Hall–Kier alpha value is -0.700. The first kappa shape index (κ1) is 15.7. The second-order valence-corrected chi connectivity index (χ2v) is 6.62. The van der Waals surface area contributed by atoms with Crippen LogP contribution in [-0.4, -0.2) is 27.5 Å². The summed E-state index contributed by atoms with van der Waals surface area (Å²) >= 11 is 6.12. The average molecular weight is 322 g/mol. The maximum Gasteiger partial charge on any atom is 0.337 e. The Morgan fingerprint density at radius 1 is 1.30 bits per heavy atom. The highest BCUT2D eigenvalue weighted by Crippen LogP contribution is 2.39. The van der Waals surface area contributed by atoms with E-state index >= 15 is 0 Å². The molecule has 1 aliphatic rings. The molecule has 0 spiro atoms. The highest BCUT2D eigenvalue weighted by Gasteiger charge is 2.44. The topological polar surface area (TPSA) is 73.9 Å². The summed E-state index contributed by atoms with van der Waals surface area (Å²) in [6, 6.07) is 7.03. The largest absolute Gasteiger partial charge is 0.338 e. The summed E-state index contributed by atoms with van der Waals surface area (Å²) in [7, 11) is -2.84. The van der Waals surface area contributed by atoms with Gasteiger partial charge in [0.15, 0.2) is 12.0 Å². The lowest BCUT2D eigenvalue weighted by molar-refractivity contribution is -0.147. The van der Waals surface area contributed by atoms with Crippen molar-refractivity contribution in [2.75, 3.05) is 7.11 Å². The van der Waals surface area contributed by atoms with Crippen molar-refractivity contribution < 1.29 is 22.1 Å². The maximum absolute atomic E-state index is 11.5. The average Bonchev–Trinajstić information content (AvgIpc) is 2.64. The van der Waals surface area contributed by atoms with Crippen LogP contribution in [0.5, 0.6) is 0 Å². The minimum Gasteiger partial charge on any atom is -0.338 e. The summed E-state index contributed by atoms with van der Waals surface area (Å²) in [5, 5.41) is 0.473. The third-order valence-corrected chi connectivity index (χ3v) is 4.09. The molecule has 1 heterocycles. The Kier molecular flexibility index (Phi) is 4.38. The standard InChI is InChI=1S/C12H16ClNO5S/c1-12(2)18-10(8-6-4-5-7-9(8)13)11(19-12)14-20(15,16)17-3/h4-7,10-11,14H,1-3H3/t10-,11+/m0/s1. The van der Waals surface area contributed by atoms with Crippen molar-refractivity contribution in [2.45, 2.75) is 32.0 Å². The third kappa shape index (κ3) is 3.49. The molecule has 6 nitrogen and oxygen atoms in total. The molecule has 1 saturated heterocycles. The fraction of sp³-hybridized carbons (Fsp3) is 0.500. The number of benzene rings is 1. The van der Waals surface area contributed by atoms with Crippen molar-refractivity contribution in [1.82, 2.24) is 4.72 Å². The zero-order valence-electron chi connectivity index (χ0n) is 11.3. The van der Waals surface area contributed by atoms with Gasteiger partial charge in [-0.3, -0.25) is 4.18 Å². The number of nitrogens with one attached hydrogen (secondary N) is 1. The molecule has 20 heavy (non-hydrogen) atoms. The van der Waals surface area contributed by atoms with Gasteiger partial charge in [0.2, 0.25) is 0 Å². The minimum absolute atomic E-state index is 0.473. The van der Waals surface area contributed by atoms with Crippen LogP contribution in [0.1, 0.15) is 25.5 Å². The van der Waals surface area contributed by atoms with Crippen LogP contribution in [0, 0.1) is 0 Å². The van der Waals surface area contributed by atoms with Crippen LogP contribution in [0.2, 0.25) is 5.02 Å². The van der Waals surface area contributed by atoms with E-state index in [0.29, 0.717) is 10.6 Å². The van der Waals surface area contributed by atoms with Crippen LogP contribution in [-0.2, 0) is 24.0 Å². The number of halogens is 1. The molecule has 0 unspecified atom stereocenters. The Bertz CT molecular complexity index is 589. The van der Waals surface area contributed by atoms with Gasteiger partial charge in [-0.1, -0.05) is 29.8 Å². The maximum atomic E-state index is 11.5. The molecule has 1 fully saturated rings. The van der Waals surface area contributed by atoms with Gasteiger partial charge in [0.1, 0.15) is 6.10 Å². The molecule has 0 aromatic heterocycles. The highest BCUT2D eigenvalue weighted by molar-refractivity contribution is 7.84. The SMILES string of the molecule is COS(=O)(=O)N[C@@H]1OC(C)(C)O[C@H]1c1ccccc1Cl. The molecule has 8 heteroatoms. The lowest BCUT2D eigenvalue weighted by Crippen LogP contribution is -2.39. The first-order valence-electron chi connectivity index (χ1n) is 5.92. The molecule has 1 aromatic carbocycles. The van der Waals surface area contributed by atoms with Gasteiger partial charge >= 0.3 is 10.3 Å². The molecule has 2 rings (SSSR count). The lowest BCUT2D eigenvalue weighted by atomic mass is 10.1. The first-order valence-corrected chi connectivity index (χ1v) is 7.71. The van der Waals surface area contributed by atoms with E-state index in [4.69, 9.17) is 21.1 Å². The molecule has 0 bridgehead atoms. The van der Waals surface area contributed by atoms with E-state index in [1.54, 1.807) is 38.1 Å². The van der Waals surface area contributed by atoms with Crippen molar-refractivity contribution >= 4 is 21.9 Å². The molecular formula is C12H16ClNO5S. The van der Waals surface area contributed by atoms with Crippen molar-refractivity contribution in [1.29, 1.82) is 0 Å². The molecule has 1 N–H and O–H groups in total. The molecule has 0 aliphatic carbocycles. The van der Waals surface area contributed by atoms with E-state index in [2.05, 4.69) is 8.91 Å². The van der Waals surface area contributed by atoms with Gasteiger partial charge in [0, 0.05) is 10.6 Å². The summed E-state index contributed by atoms with van der Waals surface area (Å²) in [5.74, 6) is -0.940. The predicted molar refractivity (Wildman–Crippen MR) is 73.3 cm³/mol. The van der Waals surface area contributed by atoms with Crippen molar-refractivity contribution in [3.8, 4) is 0 Å². The molecule has 1 aliphatic heterocycles. The van der Waals surface area contributed by atoms with Gasteiger partial charge in [0.05, 0.1) is 7.11 Å². The Morgan fingerprint density at radius 2 is 1.95 bits per heavy atom. The van der Waals surface area contributed by atoms with E-state index in [9.17, 15) is 8.42 Å².